The first kappa shape index (κ1) is 23.0. The van der Waals surface area contributed by atoms with Crippen LogP contribution in [0.3, 0.4) is 0 Å². The second-order valence-electron chi connectivity index (χ2n) is 6.85. The van der Waals surface area contributed by atoms with E-state index in [0.717, 1.165) is 88.0 Å². The highest BCUT2D eigenvalue weighted by molar-refractivity contribution is 14.0. The number of nitrogens with zero attached hydrogens (tertiary/aromatic N) is 1. The van der Waals surface area contributed by atoms with Crippen LogP contribution < -0.4 is 10.6 Å². The monoisotopic (exact) mass is 501 g/mol. The number of ether oxygens (including phenoxy) is 2. The molecule has 0 radical (unpaired) electrons. The second kappa shape index (κ2) is 13.0. The van der Waals surface area contributed by atoms with Crippen molar-refractivity contribution < 1.29 is 13.9 Å². The minimum atomic E-state index is 0. The van der Waals surface area contributed by atoms with Gasteiger partial charge in [0.1, 0.15) is 11.3 Å². The van der Waals surface area contributed by atoms with Crippen molar-refractivity contribution in [1.82, 2.24) is 10.6 Å². The summed E-state index contributed by atoms with van der Waals surface area (Å²) in [6, 6.07) is 10.2. The van der Waals surface area contributed by atoms with Crippen LogP contribution in [0.5, 0.6) is 0 Å². The third kappa shape index (κ3) is 7.60. The Kier molecular flexibility index (Phi) is 10.7. The van der Waals surface area contributed by atoms with E-state index < -0.39 is 0 Å². The lowest BCUT2D eigenvalue weighted by atomic mass is 10.1. The molecule has 1 unspecified atom stereocenters. The quantitative estimate of drug-likeness (QED) is 0.226. The minimum absolute atomic E-state index is 0. The highest BCUT2D eigenvalue weighted by atomic mass is 127. The first-order valence-electron chi connectivity index (χ1n) is 10.00. The first-order chi connectivity index (χ1) is 13.3. The fourth-order valence-corrected chi connectivity index (χ4v) is 3.13. The SMILES string of the molecule is CCNC(=NCCCOCC1CCOC1)NCCc1cc2ccccc2o1.I. The Morgan fingerprint density at radius 3 is 2.96 bits per heavy atom. The van der Waals surface area contributed by atoms with Crippen LogP contribution in [0.4, 0.5) is 0 Å². The molecule has 1 saturated heterocycles. The fourth-order valence-electron chi connectivity index (χ4n) is 3.13. The van der Waals surface area contributed by atoms with E-state index in [-0.39, 0.29) is 24.0 Å². The Labute approximate surface area is 184 Å². The summed E-state index contributed by atoms with van der Waals surface area (Å²) >= 11 is 0. The molecule has 1 aromatic heterocycles. The third-order valence-electron chi connectivity index (χ3n) is 4.58. The molecule has 1 aliphatic rings. The Balaban J connectivity index is 0.00000280. The Morgan fingerprint density at radius 1 is 1.29 bits per heavy atom. The molecule has 0 aliphatic carbocycles. The van der Waals surface area contributed by atoms with Gasteiger partial charge in [-0.2, -0.15) is 0 Å². The van der Waals surface area contributed by atoms with Gasteiger partial charge < -0.3 is 24.5 Å². The maximum atomic E-state index is 5.85. The van der Waals surface area contributed by atoms with Gasteiger partial charge in [-0.05, 0) is 31.9 Å². The maximum absolute atomic E-state index is 5.85. The minimum Gasteiger partial charge on any atom is -0.461 e. The zero-order valence-corrected chi connectivity index (χ0v) is 18.9. The second-order valence-corrected chi connectivity index (χ2v) is 6.85. The number of aliphatic imine (C=N–C) groups is 1. The summed E-state index contributed by atoms with van der Waals surface area (Å²) in [7, 11) is 0. The van der Waals surface area contributed by atoms with Crippen molar-refractivity contribution in [2.75, 3.05) is 46.1 Å². The lowest BCUT2D eigenvalue weighted by molar-refractivity contribution is 0.0893. The summed E-state index contributed by atoms with van der Waals surface area (Å²) < 4.78 is 16.9. The van der Waals surface area contributed by atoms with Crippen molar-refractivity contribution in [3.8, 4) is 0 Å². The zero-order chi connectivity index (χ0) is 18.7. The number of nitrogens with one attached hydrogen (secondary N) is 2. The molecule has 7 heteroatoms. The third-order valence-corrected chi connectivity index (χ3v) is 4.58. The standard InChI is InChI=1S/C21H31N3O3.HI/c1-2-22-21(23-10-5-12-25-15-17-9-13-26-16-17)24-11-8-19-14-18-6-3-4-7-20(18)27-19;/h3-4,6-7,14,17H,2,5,8-13,15-16H2,1H3,(H2,22,23,24);1H. The Morgan fingerprint density at radius 2 is 2.18 bits per heavy atom. The van der Waals surface area contributed by atoms with E-state index >= 15 is 0 Å². The van der Waals surface area contributed by atoms with Crippen molar-refractivity contribution >= 4 is 40.9 Å². The van der Waals surface area contributed by atoms with Gasteiger partial charge >= 0.3 is 0 Å². The number of benzene rings is 1. The lowest BCUT2D eigenvalue weighted by Gasteiger charge is -2.11. The van der Waals surface area contributed by atoms with E-state index in [1.807, 2.05) is 18.2 Å². The van der Waals surface area contributed by atoms with E-state index in [0.29, 0.717) is 5.92 Å². The molecule has 1 atom stereocenters. The molecular weight excluding hydrogens is 469 g/mol. The summed E-state index contributed by atoms with van der Waals surface area (Å²) in [5, 5.41) is 7.80. The molecule has 1 fully saturated rings. The molecule has 0 bridgehead atoms. The average molecular weight is 501 g/mol. The van der Waals surface area contributed by atoms with Gasteiger partial charge in [0.25, 0.3) is 0 Å². The van der Waals surface area contributed by atoms with E-state index in [9.17, 15) is 0 Å². The summed E-state index contributed by atoms with van der Waals surface area (Å²) in [4.78, 5) is 4.62. The van der Waals surface area contributed by atoms with Gasteiger partial charge in [0.2, 0.25) is 0 Å². The van der Waals surface area contributed by atoms with E-state index in [1.165, 1.54) is 0 Å². The van der Waals surface area contributed by atoms with E-state index in [1.54, 1.807) is 0 Å². The molecule has 2 heterocycles. The number of halogens is 1. The predicted molar refractivity (Wildman–Crippen MR) is 124 cm³/mol. The van der Waals surface area contributed by atoms with Crippen LogP contribution in [0.2, 0.25) is 0 Å². The maximum Gasteiger partial charge on any atom is 0.191 e. The molecule has 2 aromatic rings. The van der Waals surface area contributed by atoms with Crippen LogP contribution in [0, 0.1) is 5.92 Å². The largest absolute Gasteiger partial charge is 0.461 e. The van der Waals surface area contributed by atoms with E-state index in [2.05, 4.69) is 34.7 Å². The van der Waals surface area contributed by atoms with Crippen molar-refractivity contribution in [2.45, 2.75) is 26.2 Å². The molecule has 6 nitrogen and oxygen atoms in total. The Bertz CT molecular complexity index is 681. The highest BCUT2D eigenvalue weighted by Crippen LogP contribution is 2.18. The summed E-state index contributed by atoms with van der Waals surface area (Å²) in [5.74, 6) is 2.41. The van der Waals surface area contributed by atoms with Crippen LogP contribution in [-0.2, 0) is 15.9 Å². The topological polar surface area (TPSA) is 68.0 Å². The predicted octanol–water partition coefficient (Wildman–Crippen LogP) is 3.59. The molecule has 28 heavy (non-hydrogen) atoms. The van der Waals surface area contributed by atoms with Gasteiger partial charge in [0.05, 0.1) is 13.2 Å². The van der Waals surface area contributed by atoms with E-state index in [4.69, 9.17) is 13.9 Å². The number of fused-ring (bicyclic) bond motifs is 1. The summed E-state index contributed by atoms with van der Waals surface area (Å²) in [6.07, 6.45) is 2.87. The molecule has 2 N–H and O–H groups in total. The molecule has 3 rings (SSSR count). The van der Waals surface area contributed by atoms with Crippen molar-refractivity contribution in [3.05, 3.63) is 36.1 Å². The molecule has 0 saturated carbocycles. The number of hydrogen-bond acceptors (Lipinski definition) is 4. The number of guanidine groups is 1. The normalized spacial score (nSPS) is 16.9. The average Bonchev–Trinajstić information content (AvgIpc) is 3.33. The first-order valence-corrected chi connectivity index (χ1v) is 10.00. The van der Waals surface area contributed by atoms with Crippen LogP contribution in [0.15, 0.2) is 39.7 Å². The molecule has 0 spiro atoms. The van der Waals surface area contributed by atoms with Gasteiger partial charge in [-0.25, -0.2) is 0 Å². The molecule has 156 valence electrons. The number of para-hydroxylation sites is 1. The summed E-state index contributed by atoms with van der Waals surface area (Å²) in [6.45, 7) is 7.72. The Hall–Kier alpha value is -1.32. The smallest absolute Gasteiger partial charge is 0.191 e. The van der Waals surface area contributed by atoms with Gasteiger partial charge in [-0.1, -0.05) is 18.2 Å². The van der Waals surface area contributed by atoms with Crippen LogP contribution in [0.25, 0.3) is 11.0 Å². The lowest BCUT2D eigenvalue weighted by Crippen LogP contribution is -2.38. The van der Waals surface area contributed by atoms with Crippen molar-refractivity contribution in [2.24, 2.45) is 10.9 Å². The number of furan rings is 1. The molecule has 1 aliphatic heterocycles. The van der Waals surface area contributed by atoms with Gasteiger partial charge in [0, 0.05) is 50.6 Å². The van der Waals surface area contributed by atoms with Gasteiger partial charge in [-0.3, -0.25) is 4.99 Å². The van der Waals surface area contributed by atoms with Crippen molar-refractivity contribution in [3.63, 3.8) is 0 Å². The highest BCUT2D eigenvalue weighted by Gasteiger charge is 2.15. The van der Waals surface area contributed by atoms with Crippen LogP contribution in [-0.4, -0.2) is 52.0 Å². The summed E-state index contributed by atoms with van der Waals surface area (Å²) in [5.41, 5.74) is 0.942. The number of rotatable bonds is 10. The zero-order valence-electron chi connectivity index (χ0n) is 16.6. The molecule has 1 aromatic carbocycles. The number of hydrogen-bond donors (Lipinski definition) is 2. The van der Waals surface area contributed by atoms with Gasteiger partial charge in [-0.15, -0.1) is 24.0 Å². The van der Waals surface area contributed by atoms with Crippen LogP contribution >= 0.6 is 24.0 Å². The fraction of sp³-hybridized carbons (Fsp3) is 0.571. The van der Waals surface area contributed by atoms with Crippen LogP contribution in [0.1, 0.15) is 25.5 Å². The molecule has 0 amide bonds. The molecular formula is C21H32IN3O3. The van der Waals surface area contributed by atoms with Crippen molar-refractivity contribution in [1.29, 1.82) is 0 Å². The van der Waals surface area contributed by atoms with Gasteiger partial charge in [0.15, 0.2) is 5.96 Å².